The standard InChI is InChI=1S/C10H8N2O2S/c1-14-10(13)8-9(15-6-12-8)7-3-2-4-11-5-7/h2-6H,1H3. The van der Waals surface area contributed by atoms with Crippen molar-refractivity contribution in [1.29, 1.82) is 0 Å². The van der Waals surface area contributed by atoms with Crippen molar-refractivity contribution in [3.8, 4) is 10.4 Å². The van der Waals surface area contributed by atoms with Crippen LogP contribution < -0.4 is 0 Å². The highest BCUT2D eigenvalue weighted by Gasteiger charge is 2.16. The zero-order chi connectivity index (χ0) is 10.7. The molecule has 76 valence electrons. The number of aromatic nitrogens is 2. The number of pyridine rings is 1. The summed E-state index contributed by atoms with van der Waals surface area (Å²) in [5, 5.41) is 0. The second kappa shape index (κ2) is 4.18. The van der Waals surface area contributed by atoms with E-state index < -0.39 is 5.97 Å². The first-order valence-corrected chi connectivity index (χ1v) is 5.13. The lowest BCUT2D eigenvalue weighted by atomic mass is 10.2. The summed E-state index contributed by atoms with van der Waals surface area (Å²) in [4.78, 5) is 20.1. The van der Waals surface area contributed by atoms with Gasteiger partial charge in [0.1, 0.15) is 0 Å². The van der Waals surface area contributed by atoms with Crippen LogP contribution in [0.3, 0.4) is 0 Å². The van der Waals surface area contributed by atoms with E-state index in [1.807, 2.05) is 12.1 Å². The fourth-order valence-electron chi connectivity index (χ4n) is 1.19. The van der Waals surface area contributed by atoms with Crippen LogP contribution in [0.5, 0.6) is 0 Å². The molecule has 5 heteroatoms. The van der Waals surface area contributed by atoms with E-state index in [1.54, 1.807) is 17.9 Å². The molecule has 15 heavy (non-hydrogen) atoms. The molecule has 0 spiro atoms. The predicted octanol–water partition coefficient (Wildman–Crippen LogP) is 1.99. The molecule has 0 atom stereocenters. The van der Waals surface area contributed by atoms with E-state index in [0.29, 0.717) is 5.69 Å². The molecule has 0 radical (unpaired) electrons. The van der Waals surface area contributed by atoms with E-state index in [1.165, 1.54) is 18.4 Å². The van der Waals surface area contributed by atoms with Crippen molar-refractivity contribution in [3.63, 3.8) is 0 Å². The molecule has 0 N–H and O–H groups in total. The van der Waals surface area contributed by atoms with E-state index >= 15 is 0 Å². The van der Waals surface area contributed by atoms with Gasteiger partial charge in [0.05, 0.1) is 17.5 Å². The average Bonchev–Trinajstić information content (AvgIpc) is 2.78. The number of nitrogens with zero attached hydrogens (tertiary/aromatic N) is 2. The maximum Gasteiger partial charge on any atom is 0.358 e. The van der Waals surface area contributed by atoms with Crippen molar-refractivity contribution in [2.45, 2.75) is 0 Å². The summed E-state index contributed by atoms with van der Waals surface area (Å²) in [6.45, 7) is 0. The van der Waals surface area contributed by atoms with Crippen molar-refractivity contribution in [2.75, 3.05) is 7.11 Å². The van der Waals surface area contributed by atoms with Crippen LogP contribution in [0.4, 0.5) is 0 Å². The lowest BCUT2D eigenvalue weighted by Gasteiger charge is -1.99. The molecule has 2 aromatic heterocycles. The Bertz CT molecular complexity index is 467. The smallest absolute Gasteiger partial charge is 0.358 e. The predicted molar refractivity (Wildman–Crippen MR) is 56.7 cm³/mol. The zero-order valence-corrected chi connectivity index (χ0v) is 8.82. The van der Waals surface area contributed by atoms with Crippen molar-refractivity contribution >= 4 is 17.3 Å². The third-order valence-corrected chi connectivity index (χ3v) is 2.75. The molecule has 2 heterocycles. The number of hydrogen-bond donors (Lipinski definition) is 0. The molecule has 4 nitrogen and oxygen atoms in total. The molecule has 0 bridgehead atoms. The SMILES string of the molecule is COC(=O)c1ncsc1-c1cccnc1. The molecule has 0 saturated heterocycles. The van der Waals surface area contributed by atoms with Gasteiger partial charge < -0.3 is 4.74 Å². The monoisotopic (exact) mass is 220 g/mol. The number of carbonyl (C=O) groups excluding carboxylic acids is 1. The Labute approximate surface area is 90.6 Å². The van der Waals surface area contributed by atoms with Crippen molar-refractivity contribution < 1.29 is 9.53 Å². The van der Waals surface area contributed by atoms with Crippen molar-refractivity contribution in [2.24, 2.45) is 0 Å². The van der Waals surface area contributed by atoms with E-state index in [2.05, 4.69) is 14.7 Å². The number of carbonyl (C=O) groups is 1. The number of thiazole rings is 1. The minimum absolute atomic E-state index is 0.343. The van der Waals surface area contributed by atoms with Gasteiger partial charge in [0.2, 0.25) is 0 Å². The number of hydrogen-bond acceptors (Lipinski definition) is 5. The molecule has 0 aliphatic heterocycles. The van der Waals surface area contributed by atoms with E-state index in [4.69, 9.17) is 0 Å². The van der Waals surface area contributed by atoms with Crippen LogP contribution in [0.1, 0.15) is 10.5 Å². The van der Waals surface area contributed by atoms with Gasteiger partial charge in [-0.15, -0.1) is 11.3 Å². The molecule has 0 unspecified atom stereocenters. The highest BCUT2D eigenvalue weighted by Crippen LogP contribution is 2.26. The van der Waals surface area contributed by atoms with Crippen molar-refractivity contribution in [3.05, 3.63) is 35.7 Å². The third kappa shape index (κ3) is 1.87. The van der Waals surface area contributed by atoms with Gasteiger partial charge in [-0.05, 0) is 6.07 Å². The lowest BCUT2D eigenvalue weighted by Crippen LogP contribution is -2.02. The summed E-state index contributed by atoms with van der Waals surface area (Å²) in [5.74, 6) is -0.421. The van der Waals surface area contributed by atoms with Crippen LogP contribution in [0.2, 0.25) is 0 Å². The van der Waals surface area contributed by atoms with Crippen LogP contribution in [-0.4, -0.2) is 23.0 Å². The highest BCUT2D eigenvalue weighted by atomic mass is 32.1. The molecule has 2 rings (SSSR count). The number of rotatable bonds is 2. The maximum atomic E-state index is 11.4. The first kappa shape index (κ1) is 9.79. The second-order valence-corrected chi connectivity index (χ2v) is 3.62. The Hall–Kier alpha value is -1.75. The minimum atomic E-state index is -0.421. The largest absolute Gasteiger partial charge is 0.464 e. The van der Waals surface area contributed by atoms with Gasteiger partial charge >= 0.3 is 5.97 Å². The number of methoxy groups -OCH3 is 1. The molecule has 0 amide bonds. The van der Waals surface area contributed by atoms with E-state index in [0.717, 1.165) is 10.4 Å². The second-order valence-electron chi connectivity index (χ2n) is 2.76. The normalized spacial score (nSPS) is 9.93. The van der Waals surface area contributed by atoms with Crippen molar-refractivity contribution in [1.82, 2.24) is 9.97 Å². The first-order chi connectivity index (χ1) is 7.33. The van der Waals surface area contributed by atoms with Crippen LogP contribution in [0.15, 0.2) is 30.0 Å². The Balaban J connectivity index is 2.46. The summed E-state index contributed by atoms with van der Waals surface area (Å²) in [5.41, 5.74) is 2.84. The minimum Gasteiger partial charge on any atom is -0.464 e. The molecule has 0 fully saturated rings. The zero-order valence-electron chi connectivity index (χ0n) is 8.01. The Morgan fingerprint density at radius 3 is 3.07 bits per heavy atom. The van der Waals surface area contributed by atoms with Gasteiger partial charge in [0, 0.05) is 18.0 Å². The van der Waals surface area contributed by atoms with Gasteiger partial charge in [-0.1, -0.05) is 6.07 Å². The molecule has 0 aliphatic rings. The topological polar surface area (TPSA) is 52.1 Å². The molecular formula is C10H8N2O2S. The summed E-state index contributed by atoms with van der Waals surface area (Å²) in [7, 11) is 1.34. The van der Waals surface area contributed by atoms with Crippen LogP contribution in [0, 0.1) is 0 Å². The molecule has 0 aliphatic carbocycles. The Morgan fingerprint density at radius 1 is 1.53 bits per heavy atom. The number of esters is 1. The average molecular weight is 220 g/mol. The van der Waals surface area contributed by atoms with Gasteiger partial charge in [-0.3, -0.25) is 4.98 Å². The summed E-state index contributed by atoms with van der Waals surface area (Å²) in [6.07, 6.45) is 3.38. The van der Waals surface area contributed by atoms with E-state index in [9.17, 15) is 4.79 Å². The van der Waals surface area contributed by atoms with Gasteiger partial charge in [-0.2, -0.15) is 0 Å². The third-order valence-electron chi connectivity index (χ3n) is 1.87. The molecule has 2 aromatic rings. The van der Waals surface area contributed by atoms with Crippen LogP contribution in [0.25, 0.3) is 10.4 Å². The van der Waals surface area contributed by atoms with Crippen LogP contribution in [-0.2, 0) is 4.74 Å². The fraction of sp³-hybridized carbons (Fsp3) is 0.100. The van der Waals surface area contributed by atoms with Gasteiger partial charge in [-0.25, -0.2) is 9.78 Å². The number of ether oxygens (including phenoxy) is 1. The maximum absolute atomic E-state index is 11.4. The van der Waals surface area contributed by atoms with Gasteiger partial charge in [0.15, 0.2) is 5.69 Å². The highest BCUT2D eigenvalue weighted by molar-refractivity contribution is 7.13. The Morgan fingerprint density at radius 2 is 2.40 bits per heavy atom. The summed E-state index contributed by atoms with van der Waals surface area (Å²) in [6, 6.07) is 3.70. The van der Waals surface area contributed by atoms with Gasteiger partial charge in [0.25, 0.3) is 0 Å². The quantitative estimate of drug-likeness (QED) is 0.726. The molecule has 0 saturated carbocycles. The summed E-state index contributed by atoms with van der Waals surface area (Å²) < 4.78 is 4.64. The lowest BCUT2D eigenvalue weighted by molar-refractivity contribution is 0.0596. The Kier molecular flexibility index (Phi) is 2.73. The summed E-state index contributed by atoms with van der Waals surface area (Å²) >= 11 is 1.39. The first-order valence-electron chi connectivity index (χ1n) is 4.25. The molecular weight excluding hydrogens is 212 g/mol. The van der Waals surface area contributed by atoms with E-state index in [-0.39, 0.29) is 0 Å². The fourth-order valence-corrected chi connectivity index (χ4v) is 1.96. The molecule has 0 aromatic carbocycles. The van der Waals surface area contributed by atoms with Crippen LogP contribution >= 0.6 is 11.3 Å².